The molecule has 2 rings (SSSR count). The fourth-order valence-electron chi connectivity index (χ4n) is 3.69. The molecule has 6 atom stereocenters. The van der Waals surface area contributed by atoms with E-state index in [4.69, 9.17) is 28.4 Å². The molecule has 1 saturated heterocycles. The molecule has 0 bridgehead atoms. The Morgan fingerprint density at radius 3 is 1.17 bits per heavy atom. The average molecular weight is 416 g/mol. The highest BCUT2D eigenvalue weighted by molar-refractivity contribution is 5.70. The minimum absolute atomic E-state index is 0.230. The van der Waals surface area contributed by atoms with Crippen molar-refractivity contribution in [3.05, 3.63) is 0 Å². The highest BCUT2D eigenvalue weighted by Crippen LogP contribution is 2.47. The zero-order valence-corrected chi connectivity index (χ0v) is 16.8. The molecule has 0 amide bonds. The van der Waals surface area contributed by atoms with Gasteiger partial charge in [-0.05, 0) is 0 Å². The molecule has 1 spiro atoms. The topological polar surface area (TPSA) is 141 Å². The van der Waals surface area contributed by atoms with Gasteiger partial charge in [-0.25, -0.2) is 0 Å². The number of esters is 5. The van der Waals surface area contributed by atoms with Crippen molar-refractivity contribution in [1.82, 2.24) is 0 Å². The summed E-state index contributed by atoms with van der Waals surface area (Å²) in [5.41, 5.74) is -1.45. The Kier molecular flexibility index (Phi) is 6.83. The SMILES string of the molecule is CC(=O)OC1C(OC(C)=O)C(OC(C)=O)C2(CCO2)[C@@H](OC(C)=O)C1OC(C)=O. The van der Waals surface area contributed by atoms with Gasteiger partial charge in [0.25, 0.3) is 0 Å². The van der Waals surface area contributed by atoms with Gasteiger partial charge in [-0.15, -0.1) is 0 Å². The van der Waals surface area contributed by atoms with Crippen LogP contribution < -0.4 is 0 Å². The van der Waals surface area contributed by atoms with E-state index in [2.05, 4.69) is 0 Å². The minimum atomic E-state index is -1.45. The van der Waals surface area contributed by atoms with E-state index in [0.29, 0.717) is 0 Å². The first kappa shape index (κ1) is 22.6. The standard InChI is InChI=1S/C18H24O11/c1-8(19)25-13-14(26-9(2)20)16(28-11(4)22)18(6-7-24-18)17(29-12(5)23)15(13)27-10(3)21/h13-17H,6-7H2,1-5H3/t13?,14?,15?,16-,17?,18?/m0/s1. The summed E-state index contributed by atoms with van der Waals surface area (Å²) < 4.78 is 32.3. The molecule has 1 aliphatic heterocycles. The second-order valence-electron chi connectivity index (χ2n) is 6.84. The van der Waals surface area contributed by atoms with E-state index in [9.17, 15) is 24.0 Å². The zero-order chi connectivity index (χ0) is 21.9. The van der Waals surface area contributed by atoms with Crippen LogP contribution in [0.3, 0.4) is 0 Å². The summed E-state index contributed by atoms with van der Waals surface area (Å²) in [5.74, 6) is -3.75. The molecule has 2 fully saturated rings. The van der Waals surface area contributed by atoms with Crippen LogP contribution in [0.4, 0.5) is 0 Å². The monoisotopic (exact) mass is 416 g/mol. The maximum absolute atomic E-state index is 11.8. The van der Waals surface area contributed by atoms with Gasteiger partial charge in [-0.1, -0.05) is 0 Å². The average Bonchev–Trinajstić information content (AvgIpc) is 2.50. The lowest BCUT2D eigenvalue weighted by atomic mass is 9.70. The Bertz CT molecular complexity index is 650. The summed E-state index contributed by atoms with van der Waals surface area (Å²) in [6.07, 6.45) is -6.46. The lowest BCUT2D eigenvalue weighted by Gasteiger charge is -2.57. The van der Waals surface area contributed by atoms with Crippen LogP contribution in [0.15, 0.2) is 0 Å². The number of ether oxygens (including phenoxy) is 6. The third-order valence-corrected chi connectivity index (χ3v) is 4.56. The van der Waals surface area contributed by atoms with Gasteiger partial charge < -0.3 is 28.4 Å². The summed E-state index contributed by atoms with van der Waals surface area (Å²) in [6, 6.07) is 0. The Labute approximate surface area is 166 Å². The first-order valence-corrected chi connectivity index (χ1v) is 8.98. The van der Waals surface area contributed by atoms with Crippen molar-refractivity contribution in [3.63, 3.8) is 0 Å². The van der Waals surface area contributed by atoms with E-state index in [-0.39, 0.29) is 13.0 Å². The van der Waals surface area contributed by atoms with Crippen molar-refractivity contribution in [2.24, 2.45) is 0 Å². The van der Waals surface area contributed by atoms with E-state index >= 15 is 0 Å². The molecular weight excluding hydrogens is 392 g/mol. The van der Waals surface area contributed by atoms with Crippen LogP contribution in [0.5, 0.6) is 0 Å². The van der Waals surface area contributed by atoms with Crippen LogP contribution in [-0.2, 0) is 52.4 Å². The van der Waals surface area contributed by atoms with Gasteiger partial charge in [0.15, 0.2) is 36.1 Å². The third kappa shape index (κ3) is 4.84. The number of carbonyl (C=O) groups excluding carboxylic acids is 5. The van der Waals surface area contributed by atoms with Crippen molar-refractivity contribution >= 4 is 29.8 Å². The number of hydrogen-bond donors (Lipinski definition) is 0. The summed E-state index contributed by atoms with van der Waals surface area (Å²) >= 11 is 0. The molecule has 2 aliphatic rings. The maximum Gasteiger partial charge on any atom is 0.303 e. The lowest BCUT2D eigenvalue weighted by molar-refractivity contribution is -0.330. The molecule has 1 heterocycles. The van der Waals surface area contributed by atoms with Crippen LogP contribution in [0.1, 0.15) is 41.0 Å². The highest BCUT2D eigenvalue weighted by Gasteiger charge is 2.70. The molecular formula is C18H24O11. The van der Waals surface area contributed by atoms with Gasteiger partial charge in [-0.3, -0.25) is 24.0 Å². The summed E-state index contributed by atoms with van der Waals surface area (Å²) in [6.45, 7) is 5.83. The molecule has 5 unspecified atom stereocenters. The molecule has 11 heteroatoms. The molecule has 1 aliphatic carbocycles. The van der Waals surface area contributed by atoms with E-state index in [1.54, 1.807) is 0 Å². The van der Waals surface area contributed by atoms with Crippen LogP contribution in [-0.4, -0.2) is 72.6 Å². The molecule has 1 saturated carbocycles. The fourth-order valence-corrected chi connectivity index (χ4v) is 3.69. The van der Waals surface area contributed by atoms with Crippen LogP contribution in [0.25, 0.3) is 0 Å². The van der Waals surface area contributed by atoms with Crippen molar-refractivity contribution in [2.75, 3.05) is 6.61 Å². The van der Waals surface area contributed by atoms with E-state index in [0.717, 1.165) is 34.6 Å². The predicted molar refractivity (Wildman–Crippen MR) is 91.1 cm³/mol. The Hall–Kier alpha value is -2.69. The maximum atomic E-state index is 11.8. The first-order chi connectivity index (χ1) is 13.5. The number of carbonyl (C=O) groups is 5. The Morgan fingerprint density at radius 1 is 0.621 bits per heavy atom. The van der Waals surface area contributed by atoms with E-state index in [1.807, 2.05) is 0 Å². The molecule has 0 radical (unpaired) electrons. The zero-order valence-electron chi connectivity index (χ0n) is 16.8. The Balaban J connectivity index is 2.63. The van der Waals surface area contributed by atoms with Gasteiger partial charge in [0.05, 0.1) is 6.61 Å². The van der Waals surface area contributed by atoms with Gasteiger partial charge in [0.1, 0.15) is 0 Å². The van der Waals surface area contributed by atoms with Gasteiger partial charge in [0, 0.05) is 41.0 Å². The van der Waals surface area contributed by atoms with Crippen molar-refractivity contribution < 1.29 is 52.4 Å². The van der Waals surface area contributed by atoms with Crippen LogP contribution in [0, 0.1) is 0 Å². The predicted octanol–water partition coefficient (Wildman–Crippen LogP) is -0.182. The van der Waals surface area contributed by atoms with Gasteiger partial charge in [0.2, 0.25) is 0 Å². The minimum Gasteiger partial charge on any atom is -0.455 e. The Morgan fingerprint density at radius 2 is 0.931 bits per heavy atom. The van der Waals surface area contributed by atoms with Gasteiger partial charge >= 0.3 is 29.8 Å². The molecule has 162 valence electrons. The summed E-state index contributed by atoms with van der Waals surface area (Å²) in [4.78, 5) is 58.8. The highest BCUT2D eigenvalue weighted by atomic mass is 16.7. The number of rotatable bonds is 5. The van der Waals surface area contributed by atoms with Crippen LogP contribution >= 0.6 is 0 Å². The van der Waals surface area contributed by atoms with Crippen molar-refractivity contribution in [1.29, 1.82) is 0 Å². The molecule has 29 heavy (non-hydrogen) atoms. The fraction of sp³-hybridized carbons (Fsp3) is 0.722. The first-order valence-electron chi connectivity index (χ1n) is 8.98. The normalized spacial score (nSPS) is 33.1. The van der Waals surface area contributed by atoms with Crippen LogP contribution in [0.2, 0.25) is 0 Å². The molecule has 11 nitrogen and oxygen atoms in total. The quantitative estimate of drug-likeness (QED) is 0.435. The summed E-state index contributed by atoms with van der Waals surface area (Å²) in [7, 11) is 0. The molecule has 0 aromatic heterocycles. The molecule has 0 N–H and O–H groups in total. The second kappa shape index (κ2) is 8.76. The summed E-state index contributed by atoms with van der Waals surface area (Å²) in [5, 5.41) is 0. The number of hydrogen-bond acceptors (Lipinski definition) is 11. The smallest absolute Gasteiger partial charge is 0.303 e. The largest absolute Gasteiger partial charge is 0.455 e. The second-order valence-corrected chi connectivity index (χ2v) is 6.84. The van der Waals surface area contributed by atoms with E-state index in [1.165, 1.54) is 0 Å². The molecule has 0 aromatic carbocycles. The van der Waals surface area contributed by atoms with Crippen molar-refractivity contribution in [2.45, 2.75) is 77.2 Å². The molecule has 0 aromatic rings. The van der Waals surface area contributed by atoms with Crippen molar-refractivity contribution in [3.8, 4) is 0 Å². The van der Waals surface area contributed by atoms with E-state index < -0.39 is 66.0 Å². The third-order valence-electron chi connectivity index (χ3n) is 4.56. The van der Waals surface area contributed by atoms with Gasteiger partial charge in [-0.2, -0.15) is 0 Å². The lowest BCUT2D eigenvalue weighted by Crippen LogP contribution is -2.77.